The van der Waals surface area contributed by atoms with Crippen molar-refractivity contribution in [2.75, 3.05) is 11.9 Å². The lowest BCUT2D eigenvalue weighted by Crippen LogP contribution is -2.33. The van der Waals surface area contributed by atoms with E-state index in [2.05, 4.69) is 10.3 Å². The molecule has 0 spiro atoms. The summed E-state index contributed by atoms with van der Waals surface area (Å²) in [5.41, 5.74) is -0.298. The van der Waals surface area contributed by atoms with Gasteiger partial charge in [-0.25, -0.2) is 4.98 Å². The smallest absolute Gasteiger partial charge is 0.311 e. The third kappa shape index (κ3) is 3.39. The molecular formula is C11H12ClN3O4. The molecule has 1 atom stereocenters. The van der Waals surface area contributed by atoms with Gasteiger partial charge in [0.15, 0.2) is 0 Å². The highest BCUT2D eigenvalue weighted by molar-refractivity contribution is 6.29. The predicted molar refractivity (Wildman–Crippen MR) is 68.1 cm³/mol. The number of carbonyl (C=O) groups is 1. The zero-order valence-corrected chi connectivity index (χ0v) is 10.7. The van der Waals surface area contributed by atoms with Crippen LogP contribution in [0.5, 0.6) is 0 Å². The topological polar surface area (TPSA) is 94.4 Å². The van der Waals surface area contributed by atoms with Gasteiger partial charge in [0.2, 0.25) is 5.82 Å². The number of rotatable bonds is 3. The second-order valence-corrected chi connectivity index (χ2v) is 4.49. The van der Waals surface area contributed by atoms with Gasteiger partial charge in [-0.3, -0.25) is 14.9 Å². The Kier molecular flexibility index (Phi) is 4.28. The number of hydrogen-bond acceptors (Lipinski definition) is 5. The van der Waals surface area contributed by atoms with Gasteiger partial charge < -0.3 is 10.1 Å². The summed E-state index contributed by atoms with van der Waals surface area (Å²) in [5.74, 6) is -0.589. The van der Waals surface area contributed by atoms with E-state index in [0.717, 1.165) is 12.8 Å². The number of halogens is 1. The maximum atomic E-state index is 11.9. The van der Waals surface area contributed by atoms with Gasteiger partial charge in [-0.15, -0.1) is 0 Å². The zero-order chi connectivity index (χ0) is 13.8. The summed E-state index contributed by atoms with van der Waals surface area (Å²) in [6.07, 6.45) is 1.82. The van der Waals surface area contributed by atoms with Crippen LogP contribution in [0.25, 0.3) is 0 Å². The van der Waals surface area contributed by atoms with Gasteiger partial charge in [0, 0.05) is 12.7 Å². The number of nitrogens with one attached hydrogen (secondary N) is 1. The normalized spacial score (nSPS) is 18.9. The molecule has 1 aliphatic heterocycles. The Morgan fingerprint density at radius 1 is 1.53 bits per heavy atom. The van der Waals surface area contributed by atoms with Crippen LogP contribution in [0.1, 0.15) is 19.3 Å². The molecule has 2 heterocycles. The molecule has 1 aromatic heterocycles. The standard InChI is InChI=1S/C11H12ClN3O4/c12-9-5-4-7(15(17)18)10(13-9)14-11(16)8-3-1-2-6-19-8/h4-5,8H,1-3,6H2,(H,13,14,16). The summed E-state index contributed by atoms with van der Waals surface area (Å²) in [4.78, 5) is 25.9. The van der Waals surface area contributed by atoms with E-state index in [4.69, 9.17) is 16.3 Å². The van der Waals surface area contributed by atoms with E-state index in [1.165, 1.54) is 12.1 Å². The van der Waals surface area contributed by atoms with Crippen molar-refractivity contribution in [3.05, 3.63) is 27.4 Å². The van der Waals surface area contributed by atoms with Crippen molar-refractivity contribution in [2.24, 2.45) is 0 Å². The number of hydrogen-bond donors (Lipinski definition) is 1. The number of ether oxygens (including phenoxy) is 1. The van der Waals surface area contributed by atoms with Crippen LogP contribution in [0.15, 0.2) is 12.1 Å². The van der Waals surface area contributed by atoms with Crippen LogP contribution in [-0.2, 0) is 9.53 Å². The quantitative estimate of drug-likeness (QED) is 0.521. The SMILES string of the molecule is O=C(Nc1nc(Cl)ccc1[N+](=O)[O-])C1CCCCO1. The monoisotopic (exact) mass is 285 g/mol. The van der Waals surface area contributed by atoms with E-state index >= 15 is 0 Å². The van der Waals surface area contributed by atoms with Crippen molar-refractivity contribution in [1.29, 1.82) is 0 Å². The highest BCUT2D eigenvalue weighted by Gasteiger charge is 2.25. The zero-order valence-electron chi connectivity index (χ0n) is 9.97. The Labute approximate surface area is 114 Å². The lowest BCUT2D eigenvalue weighted by Gasteiger charge is -2.21. The molecule has 0 bridgehead atoms. The number of carbonyl (C=O) groups excluding carboxylic acids is 1. The molecule has 1 aliphatic rings. The molecule has 19 heavy (non-hydrogen) atoms. The van der Waals surface area contributed by atoms with E-state index in [1.54, 1.807) is 0 Å². The Bertz CT molecular complexity index is 503. The van der Waals surface area contributed by atoms with Crippen molar-refractivity contribution in [3.8, 4) is 0 Å². The van der Waals surface area contributed by atoms with Crippen molar-refractivity contribution < 1.29 is 14.5 Å². The van der Waals surface area contributed by atoms with Crippen LogP contribution in [-0.4, -0.2) is 28.5 Å². The fourth-order valence-corrected chi connectivity index (χ4v) is 1.96. The molecule has 8 heteroatoms. The summed E-state index contributed by atoms with van der Waals surface area (Å²) in [6, 6.07) is 2.50. The third-order valence-corrected chi connectivity index (χ3v) is 2.96. The van der Waals surface area contributed by atoms with Crippen LogP contribution in [0.2, 0.25) is 5.15 Å². The second-order valence-electron chi connectivity index (χ2n) is 4.10. The molecule has 0 aromatic carbocycles. The van der Waals surface area contributed by atoms with Crippen LogP contribution in [0.4, 0.5) is 11.5 Å². The molecule has 1 aromatic rings. The molecule has 1 N–H and O–H groups in total. The molecule has 0 aliphatic carbocycles. The number of pyridine rings is 1. The van der Waals surface area contributed by atoms with E-state index in [0.29, 0.717) is 13.0 Å². The molecule has 1 fully saturated rings. The second kappa shape index (κ2) is 5.94. The first kappa shape index (κ1) is 13.7. The van der Waals surface area contributed by atoms with Crippen LogP contribution < -0.4 is 5.32 Å². The number of amides is 1. The van der Waals surface area contributed by atoms with Crippen molar-refractivity contribution >= 4 is 29.0 Å². The lowest BCUT2D eigenvalue weighted by molar-refractivity contribution is -0.384. The van der Waals surface area contributed by atoms with E-state index in [1.807, 2.05) is 0 Å². The minimum Gasteiger partial charge on any atom is -0.368 e. The summed E-state index contributed by atoms with van der Waals surface area (Å²) in [6.45, 7) is 0.517. The Morgan fingerprint density at radius 2 is 2.32 bits per heavy atom. The number of nitro groups is 1. The summed E-state index contributed by atoms with van der Waals surface area (Å²) < 4.78 is 5.30. The van der Waals surface area contributed by atoms with Gasteiger partial charge >= 0.3 is 5.69 Å². The van der Waals surface area contributed by atoms with Crippen molar-refractivity contribution in [3.63, 3.8) is 0 Å². The van der Waals surface area contributed by atoms with Gasteiger partial charge in [-0.05, 0) is 25.3 Å². The Hall–Kier alpha value is -1.73. The molecule has 0 radical (unpaired) electrons. The average Bonchev–Trinajstić information content (AvgIpc) is 2.39. The number of anilines is 1. The lowest BCUT2D eigenvalue weighted by atomic mass is 10.1. The van der Waals surface area contributed by atoms with Crippen LogP contribution >= 0.6 is 11.6 Å². The van der Waals surface area contributed by atoms with Gasteiger partial charge in [0.1, 0.15) is 11.3 Å². The average molecular weight is 286 g/mol. The van der Waals surface area contributed by atoms with Crippen LogP contribution in [0.3, 0.4) is 0 Å². The fourth-order valence-electron chi connectivity index (χ4n) is 1.81. The molecule has 102 valence electrons. The van der Waals surface area contributed by atoms with Gasteiger partial charge in [0.05, 0.1) is 4.92 Å². The van der Waals surface area contributed by atoms with E-state index in [-0.39, 0.29) is 16.7 Å². The molecule has 7 nitrogen and oxygen atoms in total. The summed E-state index contributed by atoms with van der Waals surface area (Å²) in [7, 11) is 0. The summed E-state index contributed by atoms with van der Waals surface area (Å²) >= 11 is 5.67. The van der Waals surface area contributed by atoms with Gasteiger partial charge in [-0.1, -0.05) is 11.6 Å². The number of nitrogens with zero attached hydrogens (tertiary/aromatic N) is 2. The third-order valence-electron chi connectivity index (χ3n) is 2.75. The van der Waals surface area contributed by atoms with Crippen molar-refractivity contribution in [1.82, 2.24) is 4.98 Å². The minimum absolute atomic E-state index is 0.0745. The Balaban J connectivity index is 2.15. The van der Waals surface area contributed by atoms with E-state index < -0.39 is 16.9 Å². The predicted octanol–water partition coefficient (Wildman–Crippen LogP) is 2.15. The van der Waals surface area contributed by atoms with Gasteiger partial charge in [-0.2, -0.15) is 0 Å². The summed E-state index contributed by atoms with van der Waals surface area (Å²) in [5, 5.41) is 13.3. The highest BCUT2D eigenvalue weighted by atomic mass is 35.5. The molecule has 1 saturated heterocycles. The first-order chi connectivity index (χ1) is 9.08. The molecule has 0 saturated carbocycles. The Morgan fingerprint density at radius 3 is 2.95 bits per heavy atom. The van der Waals surface area contributed by atoms with E-state index in [9.17, 15) is 14.9 Å². The first-order valence-corrected chi connectivity index (χ1v) is 6.19. The minimum atomic E-state index is -0.624. The van der Waals surface area contributed by atoms with Gasteiger partial charge in [0.25, 0.3) is 5.91 Å². The first-order valence-electron chi connectivity index (χ1n) is 5.81. The maximum Gasteiger partial charge on any atom is 0.311 e. The molecular weight excluding hydrogens is 274 g/mol. The fraction of sp³-hybridized carbons (Fsp3) is 0.455. The number of aromatic nitrogens is 1. The largest absolute Gasteiger partial charge is 0.368 e. The van der Waals surface area contributed by atoms with Crippen molar-refractivity contribution in [2.45, 2.75) is 25.4 Å². The van der Waals surface area contributed by atoms with Crippen LogP contribution in [0, 0.1) is 10.1 Å². The molecule has 1 amide bonds. The highest BCUT2D eigenvalue weighted by Crippen LogP contribution is 2.25. The molecule has 1 unspecified atom stereocenters. The maximum absolute atomic E-state index is 11.9. The molecule has 2 rings (SSSR count).